The maximum Gasteiger partial charge on any atom is 0.410 e. The topological polar surface area (TPSA) is 109 Å². The highest BCUT2D eigenvalue weighted by Crippen LogP contribution is 2.52. The Kier molecular flexibility index (Phi) is 7.98. The normalized spacial score (nSPS) is 32.6. The fraction of sp³-hybridized carbons (Fsp3) is 0.640. The van der Waals surface area contributed by atoms with E-state index in [2.05, 4.69) is 15.6 Å². The van der Waals surface area contributed by atoms with Crippen LogP contribution < -0.4 is 15.4 Å². The Morgan fingerprint density at radius 2 is 1.82 bits per heavy atom. The van der Waals surface area contributed by atoms with Crippen LogP contribution in [0.3, 0.4) is 0 Å². The van der Waals surface area contributed by atoms with Crippen molar-refractivity contribution in [2.75, 3.05) is 13.2 Å². The number of carbonyl (C=O) groups excluding carboxylic acids is 2. The van der Waals surface area contributed by atoms with E-state index in [-0.39, 0.29) is 43.2 Å². The first kappa shape index (κ1) is 28.6. The number of aliphatic hydroxyl groups is 1. The summed E-state index contributed by atoms with van der Waals surface area (Å²) in [6.07, 6.45) is -2.12. The minimum absolute atomic E-state index is 0.0589. The monoisotopic (exact) mass is 563 g/mol. The highest BCUT2D eigenvalue weighted by atomic mass is 35.5. The highest BCUT2D eigenvalue weighted by molar-refractivity contribution is 6.30. The molecular weight excluding hydrogens is 534 g/mol. The molecule has 0 saturated heterocycles. The number of fused-ring (bicyclic) bond motifs is 3. The molecule has 1 aromatic rings. The molecule has 13 heteroatoms. The van der Waals surface area contributed by atoms with Gasteiger partial charge in [-0.3, -0.25) is 14.6 Å². The smallest absolute Gasteiger partial charge is 0.410 e. The fourth-order valence-corrected chi connectivity index (χ4v) is 5.82. The van der Waals surface area contributed by atoms with E-state index < -0.39 is 52.6 Å². The molecule has 0 radical (unpaired) electrons. The molecule has 0 spiro atoms. The van der Waals surface area contributed by atoms with Crippen molar-refractivity contribution in [2.45, 2.75) is 86.9 Å². The van der Waals surface area contributed by atoms with Crippen molar-refractivity contribution in [3.05, 3.63) is 29.0 Å². The number of alkyl halides is 3. The molecule has 3 aliphatic carbocycles. The highest BCUT2D eigenvalue weighted by Gasteiger charge is 2.61. The van der Waals surface area contributed by atoms with Crippen LogP contribution in [0, 0.1) is 5.82 Å². The third-order valence-electron chi connectivity index (χ3n) is 7.78. The molecule has 4 aliphatic rings. The van der Waals surface area contributed by atoms with Gasteiger partial charge in [0.1, 0.15) is 24.2 Å². The average Bonchev–Trinajstić information content (AvgIpc) is 2.84. The van der Waals surface area contributed by atoms with Crippen LogP contribution in [0.4, 0.5) is 17.6 Å². The third kappa shape index (κ3) is 6.23. The molecule has 5 rings (SSSR count). The van der Waals surface area contributed by atoms with Crippen molar-refractivity contribution >= 4 is 29.6 Å². The van der Waals surface area contributed by atoms with E-state index in [1.54, 1.807) is 6.92 Å². The van der Waals surface area contributed by atoms with Crippen LogP contribution in [-0.4, -0.2) is 71.4 Å². The second kappa shape index (κ2) is 10.6. The van der Waals surface area contributed by atoms with Crippen molar-refractivity contribution in [1.82, 2.24) is 10.6 Å². The summed E-state index contributed by atoms with van der Waals surface area (Å²) in [6, 6.07) is 2.11. The van der Waals surface area contributed by atoms with E-state index in [0.29, 0.717) is 25.7 Å². The quantitative estimate of drug-likeness (QED) is 0.420. The van der Waals surface area contributed by atoms with Gasteiger partial charge in [-0.05, 0) is 57.6 Å². The average molecular weight is 564 g/mol. The molecule has 1 heterocycles. The van der Waals surface area contributed by atoms with Gasteiger partial charge >= 0.3 is 6.18 Å². The van der Waals surface area contributed by atoms with Crippen molar-refractivity contribution < 1.29 is 41.7 Å². The summed E-state index contributed by atoms with van der Waals surface area (Å²) in [5.41, 5.74) is -2.97. The zero-order valence-electron chi connectivity index (χ0n) is 20.7. The molecule has 2 bridgehead atoms. The van der Waals surface area contributed by atoms with Gasteiger partial charge in [0.05, 0.1) is 22.3 Å². The van der Waals surface area contributed by atoms with Crippen LogP contribution >= 0.6 is 11.6 Å². The summed E-state index contributed by atoms with van der Waals surface area (Å²) >= 11 is 5.65. The largest absolute Gasteiger partial charge is 0.484 e. The number of carbonyl (C=O) groups is 2. The molecular formula is C25H30ClF4N3O5. The van der Waals surface area contributed by atoms with Crippen molar-refractivity contribution in [3.63, 3.8) is 0 Å². The van der Waals surface area contributed by atoms with E-state index in [4.69, 9.17) is 21.1 Å². The molecule has 38 heavy (non-hydrogen) atoms. The Balaban J connectivity index is 1.27. The summed E-state index contributed by atoms with van der Waals surface area (Å²) in [7, 11) is 0. The maximum absolute atomic E-state index is 13.6. The fourth-order valence-electron chi connectivity index (χ4n) is 5.71. The second-order valence-electron chi connectivity index (χ2n) is 10.6. The van der Waals surface area contributed by atoms with Gasteiger partial charge in [-0.1, -0.05) is 11.6 Å². The molecule has 8 nitrogen and oxygen atoms in total. The molecule has 1 aromatic carbocycles. The number of benzene rings is 1. The first-order chi connectivity index (χ1) is 17.7. The lowest BCUT2D eigenvalue weighted by Crippen LogP contribution is -2.75. The van der Waals surface area contributed by atoms with Gasteiger partial charge in [0.2, 0.25) is 5.91 Å². The molecule has 3 saturated carbocycles. The number of halogens is 5. The summed E-state index contributed by atoms with van der Waals surface area (Å²) in [5, 5.41) is 17.1. The predicted molar refractivity (Wildman–Crippen MR) is 130 cm³/mol. The Morgan fingerprint density at radius 3 is 2.39 bits per heavy atom. The van der Waals surface area contributed by atoms with Gasteiger partial charge < -0.3 is 25.2 Å². The Hall–Kier alpha value is -2.44. The lowest BCUT2D eigenvalue weighted by Gasteiger charge is -2.61. The van der Waals surface area contributed by atoms with Gasteiger partial charge in [0.15, 0.2) is 6.61 Å². The molecule has 210 valence electrons. The van der Waals surface area contributed by atoms with Crippen LogP contribution in [-0.2, 0) is 14.3 Å². The SMILES string of the molecule is CC1(O)CC2(NC(=O)COc3ccc(Cl)c(F)c3)CCC1(NC(=O)COC1C=NC(C(F)(F)F)CC1)CC2. The summed E-state index contributed by atoms with van der Waals surface area (Å²) in [4.78, 5) is 28.8. The van der Waals surface area contributed by atoms with Crippen LogP contribution in [0.15, 0.2) is 23.2 Å². The molecule has 3 fully saturated rings. The zero-order chi connectivity index (χ0) is 27.8. The van der Waals surface area contributed by atoms with Crippen LogP contribution in [0.25, 0.3) is 0 Å². The van der Waals surface area contributed by atoms with Crippen LogP contribution in [0.5, 0.6) is 5.75 Å². The minimum Gasteiger partial charge on any atom is -0.484 e. The third-order valence-corrected chi connectivity index (χ3v) is 8.09. The second-order valence-corrected chi connectivity index (χ2v) is 11.0. The Bertz CT molecular complexity index is 1090. The van der Waals surface area contributed by atoms with E-state index in [0.717, 1.165) is 12.3 Å². The summed E-state index contributed by atoms with van der Waals surface area (Å²) < 4.78 is 62.6. The lowest BCUT2D eigenvalue weighted by atomic mass is 9.54. The van der Waals surface area contributed by atoms with Crippen molar-refractivity contribution in [2.24, 2.45) is 4.99 Å². The molecule has 2 amide bonds. The maximum atomic E-state index is 13.6. The number of hydrogen-bond acceptors (Lipinski definition) is 6. The molecule has 3 atom stereocenters. The minimum atomic E-state index is -4.40. The van der Waals surface area contributed by atoms with Crippen LogP contribution in [0.2, 0.25) is 5.02 Å². The number of amides is 2. The van der Waals surface area contributed by atoms with Gasteiger partial charge in [-0.25, -0.2) is 4.39 Å². The number of nitrogens with zero attached hydrogens (tertiary/aromatic N) is 1. The van der Waals surface area contributed by atoms with Gasteiger partial charge in [0, 0.05) is 24.2 Å². The van der Waals surface area contributed by atoms with E-state index >= 15 is 0 Å². The zero-order valence-corrected chi connectivity index (χ0v) is 21.5. The summed E-state index contributed by atoms with van der Waals surface area (Å²) in [6.45, 7) is 0.875. The lowest BCUT2D eigenvalue weighted by molar-refractivity contribution is -0.157. The standard InChI is InChI=1S/C25H30ClF4N3O5/c1-22(36)14-23(32-20(34)12-37-15-2-4-17(26)18(27)10-15)6-8-24(22,9-7-23)33-21(35)13-38-16-3-5-19(31-11-16)25(28,29)30/h2,4,10-11,16,19,36H,3,5-9,12-14H2,1H3,(H,32,34)(H,33,35). The number of nitrogens with one attached hydrogen (secondary N) is 2. The van der Waals surface area contributed by atoms with Crippen molar-refractivity contribution in [1.29, 1.82) is 0 Å². The van der Waals surface area contributed by atoms with Gasteiger partial charge in [-0.15, -0.1) is 0 Å². The Labute approximate surface area is 222 Å². The molecule has 1 aliphatic heterocycles. The first-order valence-electron chi connectivity index (χ1n) is 12.4. The molecule has 0 aromatic heterocycles. The van der Waals surface area contributed by atoms with Gasteiger partial charge in [0.25, 0.3) is 5.91 Å². The number of rotatable bonds is 8. The van der Waals surface area contributed by atoms with Crippen LogP contribution in [0.1, 0.15) is 51.9 Å². The molecule has 3 N–H and O–H groups in total. The Morgan fingerprint density at radius 1 is 1.13 bits per heavy atom. The van der Waals surface area contributed by atoms with E-state index in [1.165, 1.54) is 12.1 Å². The molecule has 3 unspecified atom stereocenters. The predicted octanol–water partition coefficient (Wildman–Crippen LogP) is 3.48. The number of aliphatic imine (C=N–C) groups is 1. The number of ether oxygens (including phenoxy) is 2. The van der Waals surface area contributed by atoms with Crippen molar-refractivity contribution in [3.8, 4) is 5.75 Å². The van der Waals surface area contributed by atoms with Gasteiger partial charge in [-0.2, -0.15) is 13.2 Å². The summed E-state index contributed by atoms with van der Waals surface area (Å²) in [5.74, 6) is -1.42. The first-order valence-corrected chi connectivity index (χ1v) is 12.7. The van der Waals surface area contributed by atoms with E-state index in [1.807, 2.05) is 0 Å². The van der Waals surface area contributed by atoms with E-state index in [9.17, 15) is 32.3 Å². The number of hydrogen-bond donors (Lipinski definition) is 3.